The number of hydrogen-bond acceptors (Lipinski definition) is 2. The van der Waals surface area contributed by atoms with Gasteiger partial charge in [0.1, 0.15) is 5.41 Å². The third kappa shape index (κ3) is 2.76. The van der Waals surface area contributed by atoms with Crippen LogP contribution in [-0.2, 0) is 16.0 Å². The van der Waals surface area contributed by atoms with E-state index in [1.54, 1.807) is 18.2 Å². The van der Waals surface area contributed by atoms with Crippen LogP contribution in [0.5, 0.6) is 0 Å². The van der Waals surface area contributed by atoms with Crippen molar-refractivity contribution in [2.75, 3.05) is 7.05 Å². The van der Waals surface area contributed by atoms with Crippen LogP contribution in [0.4, 0.5) is 0 Å². The fourth-order valence-corrected chi connectivity index (χ4v) is 2.11. The van der Waals surface area contributed by atoms with E-state index in [0.29, 0.717) is 15.6 Å². The van der Waals surface area contributed by atoms with Gasteiger partial charge in [0.2, 0.25) is 5.91 Å². The van der Waals surface area contributed by atoms with Gasteiger partial charge >= 0.3 is 5.97 Å². The van der Waals surface area contributed by atoms with Crippen LogP contribution in [0.1, 0.15) is 12.5 Å². The first-order chi connectivity index (χ1) is 8.32. The predicted octanol–water partition coefficient (Wildman–Crippen LogP) is 2.37. The number of hydrogen-bond donors (Lipinski definition) is 2. The normalized spacial score (nSPS) is 13.8. The Kier molecular flexibility index (Phi) is 4.59. The first-order valence-corrected chi connectivity index (χ1v) is 5.97. The Morgan fingerprint density at radius 3 is 2.22 bits per heavy atom. The fraction of sp³-hybridized carbons (Fsp3) is 0.333. The molecule has 0 aliphatic carbocycles. The summed E-state index contributed by atoms with van der Waals surface area (Å²) < 4.78 is 0. The molecule has 0 saturated heterocycles. The number of benzene rings is 1. The maximum Gasteiger partial charge on any atom is 0.319 e. The molecule has 0 heterocycles. The lowest BCUT2D eigenvalue weighted by molar-refractivity contribution is -0.154. The lowest BCUT2D eigenvalue weighted by atomic mass is 9.82. The maximum absolute atomic E-state index is 11.7. The van der Waals surface area contributed by atoms with Crippen LogP contribution in [0.3, 0.4) is 0 Å². The van der Waals surface area contributed by atoms with Gasteiger partial charge in [-0.2, -0.15) is 0 Å². The Morgan fingerprint density at radius 1 is 1.33 bits per heavy atom. The zero-order valence-corrected chi connectivity index (χ0v) is 11.5. The van der Waals surface area contributed by atoms with Crippen LogP contribution in [-0.4, -0.2) is 24.0 Å². The molecule has 18 heavy (non-hydrogen) atoms. The molecule has 0 aromatic heterocycles. The average molecular weight is 290 g/mol. The Hall–Kier alpha value is -1.26. The number of carbonyl (C=O) groups is 2. The van der Waals surface area contributed by atoms with Gasteiger partial charge in [0.05, 0.1) is 0 Å². The third-order valence-corrected chi connectivity index (χ3v) is 3.50. The number of aliphatic carboxylic acids is 1. The number of halogens is 2. The van der Waals surface area contributed by atoms with E-state index in [4.69, 9.17) is 23.2 Å². The van der Waals surface area contributed by atoms with Crippen molar-refractivity contribution < 1.29 is 14.7 Å². The molecule has 0 aliphatic rings. The Bertz CT molecular complexity index is 470. The molecule has 4 nitrogen and oxygen atoms in total. The Balaban J connectivity index is 3.20. The molecule has 1 atom stereocenters. The van der Waals surface area contributed by atoms with Crippen molar-refractivity contribution in [3.63, 3.8) is 0 Å². The summed E-state index contributed by atoms with van der Waals surface area (Å²) in [5.74, 6) is -1.82. The van der Waals surface area contributed by atoms with Crippen LogP contribution in [0.15, 0.2) is 18.2 Å². The third-order valence-electron chi connectivity index (χ3n) is 2.79. The molecular weight excluding hydrogens is 277 g/mol. The van der Waals surface area contributed by atoms with Gasteiger partial charge in [-0.15, -0.1) is 0 Å². The molecule has 0 radical (unpaired) electrons. The van der Waals surface area contributed by atoms with Gasteiger partial charge in [0.15, 0.2) is 0 Å². The van der Waals surface area contributed by atoms with Crippen molar-refractivity contribution in [1.29, 1.82) is 0 Å². The van der Waals surface area contributed by atoms with Crippen molar-refractivity contribution >= 4 is 35.1 Å². The molecule has 1 aromatic rings. The first-order valence-electron chi connectivity index (χ1n) is 5.21. The van der Waals surface area contributed by atoms with Gasteiger partial charge in [-0.25, -0.2) is 0 Å². The van der Waals surface area contributed by atoms with Crippen LogP contribution >= 0.6 is 23.2 Å². The van der Waals surface area contributed by atoms with Crippen LogP contribution < -0.4 is 5.32 Å². The minimum atomic E-state index is -1.61. The fourth-order valence-electron chi connectivity index (χ4n) is 1.58. The summed E-state index contributed by atoms with van der Waals surface area (Å²) in [5, 5.41) is 12.3. The highest BCUT2D eigenvalue weighted by atomic mass is 35.5. The Morgan fingerprint density at radius 2 is 1.83 bits per heavy atom. The average Bonchev–Trinajstić information content (AvgIpc) is 2.32. The van der Waals surface area contributed by atoms with Crippen molar-refractivity contribution in [1.82, 2.24) is 5.32 Å². The summed E-state index contributed by atoms with van der Waals surface area (Å²) in [6.07, 6.45) is -0.0689. The zero-order valence-electron chi connectivity index (χ0n) is 9.96. The minimum absolute atomic E-state index is 0.0689. The van der Waals surface area contributed by atoms with Gasteiger partial charge in [-0.05, 0) is 24.6 Å². The standard InChI is InChI=1S/C12H13Cl2NO3/c1-12(11(17)18,10(16)15-2)6-7-8(13)4-3-5-9(7)14/h3-5H,6H2,1-2H3,(H,15,16)(H,17,18). The second kappa shape index (κ2) is 5.59. The van der Waals surface area contributed by atoms with Crippen molar-refractivity contribution in [2.45, 2.75) is 13.3 Å². The lowest BCUT2D eigenvalue weighted by Gasteiger charge is -2.23. The van der Waals surface area contributed by atoms with E-state index < -0.39 is 17.3 Å². The lowest BCUT2D eigenvalue weighted by Crippen LogP contribution is -2.44. The topological polar surface area (TPSA) is 66.4 Å². The number of carboxylic acid groups (broad SMARTS) is 1. The monoisotopic (exact) mass is 289 g/mol. The highest BCUT2D eigenvalue weighted by Gasteiger charge is 2.41. The van der Waals surface area contributed by atoms with E-state index in [0.717, 1.165) is 0 Å². The maximum atomic E-state index is 11.7. The van der Waals surface area contributed by atoms with E-state index in [1.807, 2.05) is 0 Å². The number of amides is 1. The minimum Gasteiger partial charge on any atom is -0.480 e. The van der Waals surface area contributed by atoms with E-state index in [2.05, 4.69) is 5.32 Å². The van der Waals surface area contributed by atoms with Gasteiger partial charge in [0, 0.05) is 23.5 Å². The van der Waals surface area contributed by atoms with Gasteiger partial charge in [-0.1, -0.05) is 29.3 Å². The second-order valence-electron chi connectivity index (χ2n) is 4.09. The van der Waals surface area contributed by atoms with Crippen molar-refractivity contribution in [3.05, 3.63) is 33.8 Å². The molecule has 6 heteroatoms. The largest absolute Gasteiger partial charge is 0.480 e. The zero-order chi connectivity index (χ0) is 13.9. The molecule has 1 amide bonds. The second-order valence-corrected chi connectivity index (χ2v) is 4.91. The summed E-state index contributed by atoms with van der Waals surface area (Å²) in [7, 11) is 1.39. The molecule has 0 spiro atoms. The number of rotatable bonds is 4. The van der Waals surface area contributed by atoms with E-state index in [1.165, 1.54) is 14.0 Å². The van der Waals surface area contributed by atoms with Crippen LogP contribution in [0.25, 0.3) is 0 Å². The molecule has 1 rings (SSSR count). The number of carbonyl (C=O) groups excluding carboxylic acids is 1. The summed E-state index contributed by atoms with van der Waals surface area (Å²) in [5.41, 5.74) is -1.15. The Labute approximate surface area is 115 Å². The summed E-state index contributed by atoms with van der Waals surface area (Å²) >= 11 is 12.0. The van der Waals surface area contributed by atoms with Gasteiger partial charge in [0.25, 0.3) is 0 Å². The quantitative estimate of drug-likeness (QED) is 0.837. The van der Waals surface area contributed by atoms with Crippen LogP contribution in [0.2, 0.25) is 10.0 Å². The van der Waals surface area contributed by atoms with Crippen molar-refractivity contribution in [3.8, 4) is 0 Å². The molecule has 2 N–H and O–H groups in total. The highest BCUT2D eigenvalue weighted by molar-refractivity contribution is 6.36. The summed E-state index contributed by atoms with van der Waals surface area (Å²) in [6.45, 7) is 1.34. The molecule has 0 saturated carbocycles. The van der Waals surface area contributed by atoms with Crippen molar-refractivity contribution in [2.24, 2.45) is 5.41 Å². The van der Waals surface area contributed by atoms with Gasteiger partial charge < -0.3 is 10.4 Å². The molecule has 0 aliphatic heterocycles. The molecule has 98 valence electrons. The SMILES string of the molecule is CNC(=O)C(C)(Cc1c(Cl)cccc1Cl)C(=O)O. The van der Waals surface area contributed by atoms with Gasteiger partial charge in [-0.3, -0.25) is 9.59 Å². The molecule has 1 unspecified atom stereocenters. The number of carboxylic acids is 1. The van der Waals surface area contributed by atoms with E-state index in [9.17, 15) is 14.7 Å². The summed E-state index contributed by atoms with van der Waals surface area (Å²) in [6, 6.07) is 4.87. The summed E-state index contributed by atoms with van der Waals surface area (Å²) in [4.78, 5) is 23.0. The van der Waals surface area contributed by atoms with E-state index in [-0.39, 0.29) is 6.42 Å². The number of nitrogens with one attached hydrogen (secondary N) is 1. The molecule has 1 aromatic carbocycles. The smallest absolute Gasteiger partial charge is 0.319 e. The molecule has 0 bridgehead atoms. The van der Waals surface area contributed by atoms with Crippen LogP contribution in [0, 0.1) is 5.41 Å². The van der Waals surface area contributed by atoms with E-state index >= 15 is 0 Å². The first kappa shape index (κ1) is 14.8. The predicted molar refractivity (Wildman–Crippen MR) is 70.0 cm³/mol. The molecular formula is C12H13Cl2NO3. The highest BCUT2D eigenvalue weighted by Crippen LogP contribution is 2.32. The molecule has 0 fully saturated rings.